The number of hydrogen-bond donors (Lipinski definition) is 2. The largest absolute Gasteiger partial charge is 0.326 e. The molecule has 0 atom stereocenters. The quantitative estimate of drug-likeness (QED) is 0.588. The lowest BCUT2D eigenvalue weighted by atomic mass is 10.3. The van der Waals surface area contributed by atoms with Gasteiger partial charge in [-0.25, -0.2) is 9.18 Å². The Balaban J connectivity index is 3.12. The van der Waals surface area contributed by atoms with Crippen LogP contribution in [0.15, 0.2) is 22.0 Å². The van der Waals surface area contributed by atoms with Gasteiger partial charge in [-0.2, -0.15) is 0 Å². The third kappa shape index (κ3) is 1.12. The molecule has 0 unspecified atom stereocenters. The van der Waals surface area contributed by atoms with Crippen LogP contribution in [0.2, 0.25) is 0 Å². The molecular weight excluding hydrogens is 177 g/mol. The van der Waals surface area contributed by atoms with Crippen molar-refractivity contribution in [1.82, 2.24) is 15.0 Å². The Kier molecular flexibility index (Phi) is 1.48. The Morgan fingerprint density at radius 3 is 2.77 bits per heavy atom. The zero-order valence-corrected chi connectivity index (χ0v) is 6.30. The third-order valence-electron chi connectivity index (χ3n) is 1.61. The van der Waals surface area contributed by atoms with Crippen LogP contribution in [0.1, 0.15) is 0 Å². The van der Waals surface area contributed by atoms with Gasteiger partial charge in [0.15, 0.2) is 5.82 Å². The van der Waals surface area contributed by atoms with Crippen LogP contribution >= 0.6 is 0 Å². The standard InChI is InChI=1S/C7H4FN3O2/c8-4-2-9-1-3-5(4)10-7(13)11-6(3)12/h1-2H,(H2,10,11,12,13). The van der Waals surface area contributed by atoms with Crippen molar-refractivity contribution in [1.29, 1.82) is 0 Å². The van der Waals surface area contributed by atoms with Crippen LogP contribution in [0.3, 0.4) is 0 Å². The number of rotatable bonds is 0. The molecule has 0 aromatic carbocycles. The van der Waals surface area contributed by atoms with Crippen LogP contribution in [0.5, 0.6) is 0 Å². The number of H-pyrrole nitrogens is 2. The number of aromatic nitrogens is 3. The minimum atomic E-state index is -0.734. The van der Waals surface area contributed by atoms with Crippen molar-refractivity contribution in [3.05, 3.63) is 39.0 Å². The minimum Gasteiger partial charge on any atom is -0.304 e. The van der Waals surface area contributed by atoms with E-state index >= 15 is 0 Å². The number of nitrogens with zero attached hydrogens (tertiary/aromatic N) is 1. The summed E-state index contributed by atoms with van der Waals surface area (Å²) in [6.07, 6.45) is 2.12. The lowest BCUT2D eigenvalue weighted by Gasteiger charge is -1.95. The molecule has 2 aromatic rings. The average Bonchev–Trinajstić information content (AvgIpc) is 2.07. The van der Waals surface area contributed by atoms with Crippen molar-refractivity contribution in [3.8, 4) is 0 Å². The van der Waals surface area contributed by atoms with Crippen LogP contribution in [-0.4, -0.2) is 15.0 Å². The second-order valence-electron chi connectivity index (χ2n) is 2.45. The van der Waals surface area contributed by atoms with Crippen molar-refractivity contribution in [2.24, 2.45) is 0 Å². The SMILES string of the molecule is O=c1[nH]c(=O)c2cncc(F)c2[nH]1. The molecule has 0 aliphatic heterocycles. The molecule has 6 heteroatoms. The van der Waals surface area contributed by atoms with Gasteiger partial charge >= 0.3 is 5.69 Å². The summed E-state index contributed by atoms with van der Waals surface area (Å²) in [5.74, 6) is -0.722. The summed E-state index contributed by atoms with van der Waals surface area (Å²) in [6.45, 7) is 0. The van der Waals surface area contributed by atoms with E-state index in [-0.39, 0.29) is 10.9 Å². The van der Waals surface area contributed by atoms with E-state index in [4.69, 9.17) is 0 Å². The van der Waals surface area contributed by atoms with E-state index in [1.54, 1.807) is 0 Å². The van der Waals surface area contributed by atoms with Gasteiger partial charge in [0.1, 0.15) is 0 Å². The number of halogens is 1. The molecule has 0 saturated carbocycles. The molecule has 0 radical (unpaired) electrons. The van der Waals surface area contributed by atoms with Gasteiger partial charge in [0.2, 0.25) is 0 Å². The molecule has 5 nitrogen and oxygen atoms in total. The highest BCUT2D eigenvalue weighted by Crippen LogP contribution is 2.05. The highest BCUT2D eigenvalue weighted by molar-refractivity contribution is 5.76. The van der Waals surface area contributed by atoms with Crippen LogP contribution in [0.4, 0.5) is 4.39 Å². The fourth-order valence-corrected chi connectivity index (χ4v) is 1.05. The molecule has 0 spiro atoms. The maximum atomic E-state index is 13.0. The molecule has 2 N–H and O–H groups in total. The Bertz CT molecular complexity index is 572. The minimum absolute atomic E-state index is 0.0274. The van der Waals surface area contributed by atoms with Gasteiger partial charge in [0, 0.05) is 6.20 Å². The van der Waals surface area contributed by atoms with Gasteiger partial charge in [0.25, 0.3) is 5.56 Å². The molecule has 0 saturated heterocycles. The fraction of sp³-hybridized carbons (Fsp3) is 0. The van der Waals surface area contributed by atoms with Gasteiger partial charge in [-0.05, 0) is 0 Å². The van der Waals surface area contributed by atoms with E-state index in [1.165, 1.54) is 6.20 Å². The first-order valence-corrected chi connectivity index (χ1v) is 3.44. The molecule has 2 heterocycles. The monoisotopic (exact) mass is 181 g/mol. The van der Waals surface area contributed by atoms with E-state index < -0.39 is 17.1 Å². The molecule has 0 aliphatic rings. The van der Waals surface area contributed by atoms with Gasteiger partial charge in [-0.3, -0.25) is 14.8 Å². The first-order valence-electron chi connectivity index (χ1n) is 3.44. The topological polar surface area (TPSA) is 78.6 Å². The maximum Gasteiger partial charge on any atom is 0.326 e. The molecule has 0 fully saturated rings. The van der Waals surface area contributed by atoms with Gasteiger partial charge < -0.3 is 4.98 Å². The summed E-state index contributed by atoms with van der Waals surface area (Å²) in [5.41, 5.74) is -1.50. The molecule has 66 valence electrons. The van der Waals surface area contributed by atoms with Crippen molar-refractivity contribution in [3.63, 3.8) is 0 Å². The normalized spacial score (nSPS) is 10.5. The number of fused-ring (bicyclic) bond motifs is 1. The van der Waals surface area contributed by atoms with E-state index in [0.717, 1.165) is 6.20 Å². The van der Waals surface area contributed by atoms with Crippen LogP contribution in [0.25, 0.3) is 10.9 Å². The first-order chi connectivity index (χ1) is 6.18. The molecule has 13 heavy (non-hydrogen) atoms. The Hall–Kier alpha value is -1.98. The molecule has 0 aliphatic carbocycles. The summed E-state index contributed by atoms with van der Waals surface area (Å²) in [7, 11) is 0. The second kappa shape index (κ2) is 2.51. The summed E-state index contributed by atoms with van der Waals surface area (Å²) >= 11 is 0. The summed E-state index contributed by atoms with van der Waals surface area (Å²) in [4.78, 5) is 29.5. The highest BCUT2D eigenvalue weighted by Gasteiger charge is 2.04. The fourth-order valence-electron chi connectivity index (χ4n) is 1.05. The van der Waals surface area contributed by atoms with E-state index in [0.29, 0.717) is 0 Å². The van der Waals surface area contributed by atoms with Crippen molar-refractivity contribution >= 4 is 10.9 Å². The Morgan fingerprint density at radius 1 is 1.23 bits per heavy atom. The maximum absolute atomic E-state index is 13.0. The highest BCUT2D eigenvalue weighted by atomic mass is 19.1. The van der Waals surface area contributed by atoms with Gasteiger partial charge in [0.05, 0.1) is 17.1 Å². The number of hydrogen-bond acceptors (Lipinski definition) is 3. The predicted molar refractivity (Wildman–Crippen MR) is 42.9 cm³/mol. The molecular formula is C7H4FN3O2. The Morgan fingerprint density at radius 2 is 2.00 bits per heavy atom. The average molecular weight is 181 g/mol. The van der Waals surface area contributed by atoms with E-state index in [9.17, 15) is 14.0 Å². The lowest BCUT2D eigenvalue weighted by Crippen LogP contribution is -2.22. The van der Waals surface area contributed by atoms with E-state index in [1.807, 2.05) is 4.98 Å². The van der Waals surface area contributed by atoms with Gasteiger partial charge in [-0.15, -0.1) is 0 Å². The molecule has 0 amide bonds. The van der Waals surface area contributed by atoms with Crippen molar-refractivity contribution in [2.75, 3.05) is 0 Å². The van der Waals surface area contributed by atoms with Gasteiger partial charge in [-0.1, -0.05) is 0 Å². The van der Waals surface area contributed by atoms with Crippen LogP contribution in [-0.2, 0) is 0 Å². The van der Waals surface area contributed by atoms with Crippen molar-refractivity contribution < 1.29 is 4.39 Å². The summed E-state index contributed by atoms with van der Waals surface area (Å²) in [5, 5.41) is 0.0274. The third-order valence-corrected chi connectivity index (χ3v) is 1.61. The summed E-state index contributed by atoms with van der Waals surface area (Å²) in [6, 6.07) is 0. The van der Waals surface area contributed by atoms with Crippen LogP contribution in [0, 0.1) is 5.82 Å². The Labute approximate surface area is 70.3 Å². The zero-order chi connectivity index (χ0) is 9.42. The molecule has 2 rings (SSSR count). The second-order valence-corrected chi connectivity index (χ2v) is 2.45. The number of aromatic amines is 2. The summed E-state index contributed by atoms with van der Waals surface area (Å²) < 4.78 is 13.0. The molecule has 0 bridgehead atoms. The predicted octanol–water partition coefficient (Wildman–Crippen LogP) is -0.250. The lowest BCUT2D eigenvalue weighted by molar-refractivity contribution is 0.629. The van der Waals surface area contributed by atoms with Crippen molar-refractivity contribution in [2.45, 2.75) is 0 Å². The number of nitrogens with one attached hydrogen (secondary N) is 2. The molecule has 2 aromatic heterocycles. The smallest absolute Gasteiger partial charge is 0.304 e. The van der Waals surface area contributed by atoms with Crippen LogP contribution < -0.4 is 11.2 Å². The zero-order valence-electron chi connectivity index (χ0n) is 6.30. The van der Waals surface area contributed by atoms with E-state index in [2.05, 4.69) is 9.97 Å². The first kappa shape index (κ1) is 7.66. The number of pyridine rings is 1.